The third-order valence-corrected chi connectivity index (χ3v) is 0.500. The first-order valence-corrected chi connectivity index (χ1v) is 3.14. The van der Waals surface area contributed by atoms with Gasteiger partial charge < -0.3 is 10.4 Å². The van der Waals surface area contributed by atoms with Crippen LogP contribution in [0.2, 0.25) is 0 Å². The summed E-state index contributed by atoms with van der Waals surface area (Å²) in [5.41, 5.74) is 0. The summed E-state index contributed by atoms with van der Waals surface area (Å²) in [6, 6.07) is 0. The highest BCUT2D eigenvalue weighted by Crippen LogP contribution is 1.47. The van der Waals surface area contributed by atoms with Crippen LogP contribution in [-0.2, 0) is 0 Å². The van der Waals surface area contributed by atoms with E-state index in [0.29, 0.717) is 0 Å². The summed E-state index contributed by atoms with van der Waals surface area (Å²) >= 11 is 0. The normalized spacial score (nSPS) is 6.67. The van der Waals surface area contributed by atoms with Crippen LogP contribution in [-0.4, -0.2) is 24.8 Å². The molecule has 0 aliphatic heterocycles. The fraction of sp³-hybridized carbons (Fsp3) is 1.00. The lowest BCUT2D eigenvalue weighted by molar-refractivity contribution is 0.318. The Labute approximate surface area is 64.1 Å². The number of nitrogens with one attached hydrogen (secondary N) is 1. The monoisotopic (exact) mass is 155 g/mol. The fourth-order valence-electron chi connectivity index (χ4n) is 0.250. The molecule has 0 unspecified atom stereocenters. The van der Waals surface area contributed by atoms with E-state index in [0.717, 1.165) is 13.1 Å². The Morgan fingerprint density at radius 1 is 1.11 bits per heavy atom. The predicted molar refractivity (Wildman–Crippen MR) is 44.2 cm³/mol. The van der Waals surface area contributed by atoms with Gasteiger partial charge in [0.1, 0.15) is 0 Å². The van der Waals surface area contributed by atoms with Gasteiger partial charge in [-0.05, 0) is 20.0 Å². The van der Waals surface area contributed by atoms with Crippen molar-refractivity contribution in [1.82, 2.24) is 5.32 Å². The molecule has 60 valence electrons. The first kappa shape index (κ1) is 16.1. The van der Waals surface area contributed by atoms with Gasteiger partial charge in [0.15, 0.2) is 0 Å². The third-order valence-electron chi connectivity index (χ3n) is 0.500. The largest absolute Gasteiger partial charge is 0.397 e. The third kappa shape index (κ3) is 64.8. The maximum absolute atomic E-state index is 7.57. The lowest BCUT2D eigenvalue weighted by Crippen LogP contribution is -2.09. The van der Waals surface area contributed by atoms with Crippen LogP contribution in [0.5, 0.6) is 0 Å². The van der Waals surface area contributed by atoms with Crippen molar-refractivity contribution in [3.05, 3.63) is 0 Å². The molecule has 0 aromatic carbocycles. The number of hydrogen-bond donors (Lipinski definition) is 2. The molecule has 3 heteroatoms. The van der Waals surface area contributed by atoms with Gasteiger partial charge in [0.25, 0.3) is 0 Å². The second-order valence-electron chi connectivity index (χ2n) is 1.27. The molecule has 0 fully saturated rings. The van der Waals surface area contributed by atoms with E-state index in [-0.39, 0.29) is 19.0 Å². The minimum Gasteiger partial charge on any atom is -0.397 e. The van der Waals surface area contributed by atoms with E-state index in [9.17, 15) is 0 Å². The number of aliphatic hydroxyl groups excluding tert-OH is 1. The molecule has 0 aliphatic carbocycles. The average molecular weight is 156 g/mol. The van der Waals surface area contributed by atoms with Crippen molar-refractivity contribution in [1.29, 1.82) is 0 Å². The van der Waals surface area contributed by atoms with Crippen LogP contribution in [0.25, 0.3) is 0 Å². The Kier molecular flexibility index (Phi) is 43.1. The minimum atomic E-state index is 0. The van der Waals surface area contributed by atoms with Gasteiger partial charge in [-0.25, -0.2) is 0 Å². The Hall–Kier alpha value is 0.210. The number of rotatable bonds is 2. The van der Waals surface area contributed by atoms with Gasteiger partial charge in [-0.15, -0.1) is 12.4 Å². The Morgan fingerprint density at radius 3 is 1.33 bits per heavy atom. The summed E-state index contributed by atoms with van der Waals surface area (Å²) in [4.78, 5) is 0. The second-order valence-corrected chi connectivity index (χ2v) is 1.27. The van der Waals surface area contributed by atoms with Crippen LogP contribution in [0.1, 0.15) is 20.8 Å². The topological polar surface area (TPSA) is 32.3 Å². The summed E-state index contributed by atoms with van der Waals surface area (Å²) < 4.78 is 0. The zero-order valence-electron chi connectivity index (χ0n) is 6.48. The van der Waals surface area contributed by atoms with E-state index >= 15 is 0 Å². The van der Waals surface area contributed by atoms with Gasteiger partial charge in [0.2, 0.25) is 0 Å². The molecule has 0 rings (SSSR count). The zero-order chi connectivity index (χ0) is 6.83. The second kappa shape index (κ2) is 24.1. The van der Waals surface area contributed by atoms with Crippen molar-refractivity contribution in [2.24, 2.45) is 0 Å². The lowest BCUT2D eigenvalue weighted by atomic mass is 10.7. The maximum Gasteiger partial charge on any atom is 0.0402 e. The number of hydrogen-bond acceptors (Lipinski definition) is 2. The van der Waals surface area contributed by atoms with Gasteiger partial charge in [-0.2, -0.15) is 0 Å². The van der Waals surface area contributed by atoms with E-state index in [1.807, 2.05) is 0 Å². The number of aliphatic hydroxyl groups is 1. The lowest BCUT2D eigenvalue weighted by Gasteiger charge is -1.86. The van der Waals surface area contributed by atoms with Crippen molar-refractivity contribution < 1.29 is 5.11 Å². The van der Waals surface area contributed by atoms with Crippen LogP contribution in [0.4, 0.5) is 0 Å². The van der Waals surface area contributed by atoms with Crippen molar-refractivity contribution in [2.45, 2.75) is 20.8 Å². The van der Waals surface area contributed by atoms with Crippen LogP contribution in [0.15, 0.2) is 0 Å². The van der Waals surface area contributed by atoms with E-state index in [2.05, 4.69) is 19.2 Å². The molecular formula is C6H18ClNO. The molecule has 0 saturated carbocycles. The quantitative estimate of drug-likeness (QED) is 0.625. The summed E-state index contributed by atoms with van der Waals surface area (Å²) in [7, 11) is 0. The molecular weight excluding hydrogens is 138 g/mol. The minimum absolute atomic E-state index is 0. The van der Waals surface area contributed by atoms with Crippen LogP contribution in [0, 0.1) is 0 Å². The molecule has 0 bridgehead atoms. The van der Waals surface area contributed by atoms with E-state index in [1.54, 1.807) is 6.92 Å². The first-order valence-electron chi connectivity index (χ1n) is 3.14. The van der Waals surface area contributed by atoms with Crippen molar-refractivity contribution in [3.8, 4) is 0 Å². The molecule has 0 aromatic heterocycles. The van der Waals surface area contributed by atoms with Gasteiger partial charge in [-0.1, -0.05) is 13.8 Å². The molecule has 0 heterocycles. The van der Waals surface area contributed by atoms with Gasteiger partial charge in [0.05, 0.1) is 0 Å². The highest BCUT2D eigenvalue weighted by molar-refractivity contribution is 5.85. The molecule has 0 radical (unpaired) electrons. The van der Waals surface area contributed by atoms with E-state index in [4.69, 9.17) is 5.11 Å². The summed E-state index contributed by atoms with van der Waals surface area (Å²) in [5.74, 6) is 0. The Morgan fingerprint density at radius 2 is 1.33 bits per heavy atom. The van der Waals surface area contributed by atoms with Crippen LogP contribution >= 0.6 is 12.4 Å². The smallest absolute Gasteiger partial charge is 0.0402 e. The molecule has 0 amide bonds. The molecule has 0 atom stereocenters. The molecule has 0 saturated heterocycles. The van der Waals surface area contributed by atoms with Crippen molar-refractivity contribution in [2.75, 3.05) is 19.7 Å². The van der Waals surface area contributed by atoms with Crippen LogP contribution < -0.4 is 5.32 Å². The van der Waals surface area contributed by atoms with Crippen molar-refractivity contribution >= 4 is 12.4 Å². The standard InChI is InChI=1S/C4H11N.C2H6O.ClH/c1-3-5-4-2;1-2-3;/h5H,3-4H2,1-2H3;3H,2H2,1H3;1H. The molecule has 9 heavy (non-hydrogen) atoms. The Balaban J connectivity index is -0.0000000800. The molecule has 2 N–H and O–H groups in total. The molecule has 0 aliphatic rings. The maximum atomic E-state index is 7.57. The van der Waals surface area contributed by atoms with E-state index < -0.39 is 0 Å². The first-order chi connectivity index (χ1) is 3.83. The molecule has 2 nitrogen and oxygen atoms in total. The highest BCUT2D eigenvalue weighted by Gasteiger charge is 1.62. The van der Waals surface area contributed by atoms with Crippen LogP contribution in [0.3, 0.4) is 0 Å². The van der Waals surface area contributed by atoms with Crippen molar-refractivity contribution in [3.63, 3.8) is 0 Å². The zero-order valence-corrected chi connectivity index (χ0v) is 7.29. The highest BCUT2D eigenvalue weighted by atomic mass is 35.5. The average Bonchev–Trinajstić information content (AvgIpc) is 1.71. The fourth-order valence-corrected chi connectivity index (χ4v) is 0.250. The summed E-state index contributed by atoms with van der Waals surface area (Å²) in [5, 5.41) is 10.7. The number of halogens is 1. The van der Waals surface area contributed by atoms with Gasteiger partial charge >= 0.3 is 0 Å². The summed E-state index contributed by atoms with van der Waals surface area (Å²) in [6.45, 7) is 8.32. The van der Waals surface area contributed by atoms with Gasteiger partial charge in [0, 0.05) is 6.61 Å². The van der Waals surface area contributed by atoms with Gasteiger partial charge in [-0.3, -0.25) is 0 Å². The Bertz CT molecular complexity index is 27.0. The summed E-state index contributed by atoms with van der Waals surface area (Å²) in [6.07, 6.45) is 0. The molecule has 0 spiro atoms. The predicted octanol–water partition coefficient (Wildman–Crippen LogP) is 1.04. The van der Waals surface area contributed by atoms with E-state index in [1.165, 1.54) is 0 Å². The molecule has 0 aromatic rings. The SMILES string of the molecule is CCNCC.CCO.Cl.